The number of halogens is 1. The van der Waals surface area contributed by atoms with Crippen molar-refractivity contribution in [1.82, 2.24) is 10.6 Å². The molecule has 4 heteroatoms. The molecule has 3 nitrogen and oxygen atoms in total. The second-order valence-corrected chi connectivity index (χ2v) is 10.4. The van der Waals surface area contributed by atoms with Gasteiger partial charge in [-0.2, -0.15) is 0 Å². The minimum absolute atomic E-state index is 0.122. The Hall–Kier alpha value is -1.42. The third kappa shape index (κ3) is 2.82. The van der Waals surface area contributed by atoms with E-state index in [2.05, 4.69) is 47.9 Å². The molecule has 1 saturated heterocycles. The lowest BCUT2D eigenvalue weighted by molar-refractivity contribution is -0.164. The molecule has 0 radical (unpaired) electrons. The van der Waals surface area contributed by atoms with Crippen LogP contribution in [0.15, 0.2) is 30.3 Å². The van der Waals surface area contributed by atoms with Crippen LogP contribution >= 0.6 is 0 Å². The Labute approximate surface area is 167 Å². The molecule has 2 N–H and O–H groups in total. The van der Waals surface area contributed by atoms with Crippen LogP contribution in [-0.4, -0.2) is 31.2 Å². The molecule has 0 spiro atoms. The lowest BCUT2D eigenvalue weighted by atomic mass is 9.38. The van der Waals surface area contributed by atoms with Gasteiger partial charge in [-0.25, -0.2) is 4.39 Å². The first-order valence-electron chi connectivity index (χ1n) is 11.2. The zero-order chi connectivity index (χ0) is 19.4. The third-order valence-electron chi connectivity index (χ3n) is 8.53. The summed E-state index contributed by atoms with van der Waals surface area (Å²) in [4.78, 5) is 13.6. The molecule has 4 bridgehead atoms. The van der Waals surface area contributed by atoms with Crippen molar-refractivity contribution < 1.29 is 9.18 Å². The maximum Gasteiger partial charge on any atom is 0.226 e. The molecule has 2 unspecified atom stereocenters. The van der Waals surface area contributed by atoms with Gasteiger partial charge in [0.15, 0.2) is 0 Å². The minimum atomic E-state index is -0.977. The molecule has 4 aliphatic carbocycles. The van der Waals surface area contributed by atoms with Gasteiger partial charge in [-0.3, -0.25) is 4.79 Å². The zero-order valence-electron chi connectivity index (χ0n) is 17.0. The van der Waals surface area contributed by atoms with E-state index in [0.29, 0.717) is 18.9 Å². The maximum atomic E-state index is 14.4. The molecule has 1 aromatic carbocycles. The fourth-order valence-corrected chi connectivity index (χ4v) is 7.70. The Bertz CT molecular complexity index is 754. The Kier molecular flexibility index (Phi) is 4.35. The Morgan fingerprint density at radius 1 is 1.18 bits per heavy atom. The summed E-state index contributed by atoms with van der Waals surface area (Å²) in [6.07, 6.45) is 7.49. The molecule has 152 valence electrons. The molecule has 6 rings (SSSR count). The average molecular weight is 385 g/mol. The van der Waals surface area contributed by atoms with Crippen LogP contribution in [0.25, 0.3) is 0 Å². The van der Waals surface area contributed by atoms with Gasteiger partial charge in [0.2, 0.25) is 5.91 Å². The van der Waals surface area contributed by atoms with Crippen molar-refractivity contribution in [2.75, 3.05) is 13.1 Å². The Morgan fingerprint density at radius 3 is 2.75 bits per heavy atom. The van der Waals surface area contributed by atoms with Gasteiger partial charge in [0, 0.05) is 6.54 Å². The van der Waals surface area contributed by atoms with Crippen LogP contribution in [0.2, 0.25) is 0 Å². The topological polar surface area (TPSA) is 41.1 Å². The summed E-state index contributed by atoms with van der Waals surface area (Å²) in [5.74, 6) is 0.764. The number of carbonyl (C=O) groups excluding carboxylic acids is 1. The second kappa shape index (κ2) is 6.55. The molecule has 1 heterocycles. The molecule has 0 aromatic heterocycles. The Balaban J connectivity index is 1.48. The largest absolute Gasteiger partial charge is 0.350 e. The normalized spacial score (nSPS) is 44.4. The number of rotatable bonds is 4. The summed E-state index contributed by atoms with van der Waals surface area (Å²) >= 11 is 0. The third-order valence-corrected chi connectivity index (χ3v) is 8.53. The predicted molar refractivity (Wildman–Crippen MR) is 109 cm³/mol. The van der Waals surface area contributed by atoms with Gasteiger partial charge >= 0.3 is 0 Å². The van der Waals surface area contributed by atoms with Gasteiger partial charge in [0.25, 0.3) is 0 Å². The van der Waals surface area contributed by atoms with E-state index in [1.165, 1.54) is 24.8 Å². The number of carbonyl (C=O) groups is 1. The highest BCUT2D eigenvalue weighted by Crippen LogP contribution is 2.71. The highest BCUT2D eigenvalue weighted by molar-refractivity contribution is 5.84. The van der Waals surface area contributed by atoms with Crippen LogP contribution in [-0.2, 0) is 10.2 Å². The summed E-state index contributed by atoms with van der Waals surface area (Å²) in [5.41, 5.74) is 1.50. The SMILES string of the molecule is CC[C@]12CC3CC(C(=O)N[C@H]4CCNC[C@@H]4F)(C1)C[C@@](c1ccccc1)(C3)C2. The lowest BCUT2D eigenvalue weighted by Gasteiger charge is -2.66. The highest BCUT2D eigenvalue weighted by Gasteiger charge is 2.65. The second-order valence-electron chi connectivity index (χ2n) is 10.4. The van der Waals surface area contributed by atoms with Crippen LogP contribution in [0, 0.1) is 16.7 Å². The summed E-state index contributed by atoms with van der Waals surface area (Å²) in [6, 6.07) is 10.6. The lowest BCUT2D eigenvalue weighted by Crippen LogP contribution is -2.64. The number of amides is 1. The molecule has 28 heavy (non-hydrogen) atoms. The number of nitrogens with one attached hydrogen (secondary N) is 2. The molecular formula is C24H33FN2O. The summed E-state index contributed by atoms with van der Waals surface area (Å²) < 4.78 is 14.4. The molecule has 1 aromatic rings. The van der Waals surface area contributed by atoms with Crippen molar-refractivity contribution in [2.24, 2.45) is 16.7 Å². The number of piperidine rings is 1. The van der Waals surface area contributed by atoms with Gasteiger partial charge in [0.1, 0.15) is 6.17 Å². The fourth-order valence-electron chi connectivity index (χ4n) is 7.70. The maximum absolute atomic E-state index is 14.4. The number of hydrogen-bond acceptors (Lipinski definition) is 2. The van der Waals surface area contributed by atoms with Gasteiger partial charge < -0.3 is 10.6 Å². The molecule has 1 aliphatic heterocycles. The molecule has 5 fully saturated rings. The number of benzene rings is 1. The first-order valence-corrected chi connectivity index (χ1v) is 11.2. The summed E-state index contributed by atoms with van der Waals surface area (Å²) in [6.45, 7) is 3.45. The quantitative estimate of drug-likeness (QED) is 0.820. The summed E-state index contributed by atoms with van der Waals surface area (Å²) in [5, 5.41) is 6.27. The van der Waals surface area contributed by atoms with Crippen molar-refractivity contribution in [1.29, 1.82) is 0 Å². The van der Waals surface area contributed by atoms with Gasteiger partial charge in [-0.15, -0.1) is 0 Å². The first kappa shape index (κ1) is 18.6. The van der Waals surface area contributed by atoms with Crippen LogP contribution in [0.4, 0.5) is 4.39 Å². The van der Waals surface area contributed by atoms with Crippen LogP contribution < -0.4 is 10.6 Å². The van der Waals surface area contributed by atoms with E-state index in [9.17, 15) is 9.18 Å². The van der Waals surface area contributed by atoms with Crippen molar-refractivity contribution in [3.8, 4) is 0 Å². The van der Waals surface area contributed by atoms with E-state index >= 15 is 0 Å². The smallest absolute Gasteiger partial charge is 0.226 e. The standard InChI is InChI=1S/C24H33FN2O/c1-2-22-10-17-11-23(14-22,18-6-4-3-5-7-18)16-24(12-17,15-22)21(28)27-20-8-9-26-13-19(20)25/h3-7,17,19-20,26H,2,8-16H2,1H3,(H,27,28)/t17?,19-,20-,22+,23+,24?/m0/s1. The molecule has 4 saturated carbocycles. The van der Waals surface area contributed by atoms with Crippen molar-refractivity contribution >= 4 is 5.91 Å². The Morgan fingerprint density at radius 2 is 2.00 bits per heavy atom. The van der Waals surface area contributed by atoms with Gasteiger partial charge in [-0.05, 0) is 73.8 Å². The monoisotopic (exact) mass is 384 g/mol. The van der Waals surface area contributed by atoms with Crippen LogP contribution in [0.3, 0.4) is 0 Å². The van der Waals surface area contributed by atoms with Crippen molar-refractivity contribution in [2.45, 2.75) is 75.9 Å². The number of hydrogen-bond donors (Lipinski definition) is 2. The van der Waals surface area contributed by atoms with Gasteiger partial charge in [0.05, 0.1) is 11.5 Å². The molecule has 1 amide bonds. The van der Waals surface area contributed by atoms with E-state index in [-0.39, 0.29) is 28.2 Å². The van der Waals surface area contributed by atoms with Crippen LogP contribution in [0.1, 0.15) is 63.9 Å². The summed E-state index contributed by atoms with van der Waals surface area (Å²) in [7, 11) is 0. The minimum Gasteiger partial charge on any atom is -0.350 e. The van der Waals surface area contributed by atoms with E-state index in [4.69, 9.17) is 0 Å². The van der Waals surface area contributed by atoms with E-state index in [0.717, 1.165) is 32.2 Å². The predicted octanol–water partition coefficient (Wildman–Crippen LogP) is 4.12. The van der Waals surface area contributed by atoms with E-state index < -0.39 is 6.17 Å². The zero-order valence-corrected chi connectivity index (χ0v) is 17.0. The fraction of sp³-hybridized carbons (Fsp3) is 0.708. The average Bonchev–Trinajstić information content (AvgIpc) is 2.69. The van der Waals surface area contributed by atoms with E-state index in [1.807, 2.05) is 0 Å². The van der Waals surface area contributed by atoms with E-state index in [1.54, 1.807) is 0 Å². The number of alkyl halides is 1. The highest BCUT2D eigenvalue weighted by atomic mass is 19.1. The molecule has 6 atom stereocenters. The van der Waals surface area contributed by atoms with Gasteiger partial charge in [-0.1, -0.05) is 43.7 Å². The van der Waals surface area contributed by atoms with Crippen molar-refractivity contribution in [3.63, 3.8) is 0 Å². The first-order chi connectivity index (χ1) is 13.5. The van der Waals surface area contributed by atoms with Crippen LogP contribution in [0.5, 0.6) is 0 Å². The molecule has 5 aliphatic rings. The van der Waals surface area contributed by atoms with Crippen molar-refractivity contribution in [3.05, 3.63) is 35.9 Å². The molecular weight excluding hydrogens is 351 g/mol.